The number of hydrogen-bond donors (Lipinski definition) is 0. The SMILES string of the molecule is CN1CC[C@@H](OC(=O)N(C)c2ccccc2-c2cccc(C#N)c2)C1. The summed E-state index contributed by atoms with van der Waals surface area (Å²) in [7, 11) is 3.74. The van der Waals surface area contributed by atoms with Crippen molar-refractivity contribution in [1.29, 1.82) is 5.26 Å². The molecular weight excluding hydrogens is 314 g/mol. The molecule has 0 N–H and O–H groups in total. The van der Waals surface area contributed by atoms with E-state index < -0.39 is 0 Å². The van der Waals surface area contributed by atoms with E-state index in [2.05, 4.69) is 11.0 Å². The van der Waals surface area contributed by atoms with Crippen LogP contribution in [0.4, 0.5) is 10.5 Å². The zero-order valence-electron chi connectivity index (χ0n) is 14.5. The molecule has 0 saturated carbocycles. The minimum absolute atomic E-state index is 0.0611. The molecule has 25 heavy (non-hydrogen) atoms. The number of anilines is 1. The Labute approximate surface area is 148 Å². The number of nitriles is 1. The number of para-hydroxylation sites is 1. The van der Waals surface area contributed by atoms with Gasteiger partial charge in [0.05, 0.1) is 17.3 Å². The maximum atomic E-state index is 12.5. The summed E-state index contributed by atoms with van der Waals surface area (Å²) in [5.74, 6) is 0. The van der Waals surface area contributed by atoms with E-state index in [1.807, 2.05) is 49.5 Å². The van der Waals surface area contributed by atoms with Crippen LogP contribution in [0.25, 0.3) is 11.1 Å². The molecule has 3 rings (SSSR count). The van der Waals surface area contributed by atoms with Gasteiger partial charge in [-0.1, -0.05) is 30.3 Å². The average molecular weight is 335 g/mol. The lowest BCUT2D eigenvalue weighted by Gasteiger charge is -2.22. The van der Waals surface area contributed by atoms with Gasteiger partial charge in [0.15, 0.2) is 0 Å². The number of likely N-dealkylation sites (tertiary alicyclic amines) is 1. The van der Waals surface area contributed by atoms with Crippen LogP contribution in [0.3, 0.4) is 0 Å². The van der Waals surface area contributed by atoms with Crippen molar-refractivity contribution in [3.63, 3.8) is 0 Å². The third-order valence-corrected chi connectivity index (χ3v) is 4.46. The highest BCUT2D eigenvalue weighted by atomic mass is 16.6. The van der Waals surface area contributed by atoms with E-state index in [9.17, 15) is 4.79 Å². The van der Waals surface area contributed by atoms with Crippen LogP contribution in [0.2, 0.25) is 0 Å². The molecule has 1 amide bonds. The van der Waals surface area contributed by atoms with E-state index in [0.717, 1.165) is 36.3 Å². The van der Waals surface area contributed by atoms with Gasteiger partial charge in [-0.25, -0.2) is 4.79 Å². The van der Waals surface area contributed by atoms with E-state index in [4.69, 9.17) is 10.00 Å². The average Bonchev–Trinajstić information content (AvgIpc) is 3.05. The molecule has 1 fully saturated rings. The van der Waals surface area contributed by atoms with Crippen LogP contribution in [-0.4, -0.2) is 44.3 Å². The summed E-state index contributed by atoms with van der Waals surface area (Å²) < 4.78 is 5.63. The first kappa shape index (κ1) is 17.0. The number of likely N-dealkylation sites (N-methyl/N-ethyl adjacent to an activating group) is 1. The van der Waals surface area contributed by atoms with Crippen molar-refractivity contribution in [3.8, 4) is 17.2 Å². The topological polar surface area (TPSA) is 56.6 Å². The number of amides is 1. The third kappa shape index (κ3) is 3.81. The fraction of sp³-hybridized carbons (Fsp3) is 0.300. The van der Waals surface area contributed by atoms with Gasteiger partial charge in [0, 0.05) is 25.7 Å². The van der Waals surface area contributed by atoms with Crippen LogP contribution < -0.4 is 4.90 Å². The Balaban J connectivity index is 1.84. The fourth-order valence-corrected chi connectivity index (χ4v) is 3.08. The van der Waals surface area contributed by atoms with Crippen molar-refractivity contribution in [1.82, 2.24) is 4.90 Å². The largest absolute Gasteiger partial charge is 0.444 e. The lowest BCUT2D eigenvalue weighted by Crippen LogP contribution is -2.32. The first-order chi connectivity index (χ1) is 12.1. The van der Waals surface area contributed by atoms with E-state index >= 15 is 0 Å². The molecule has 1 atom stereocenters. The summed E-state index contributed by atoms with van der Waals surface area (Å²) in [5, 5.41) is 9.12. The van der Waals surface area contributed by atoms with Gasteiger partial charge in [-0.2, -0.15) is 5.26 Å². The highest BCUT2D eigenvalue weighted by Gasteiger charge is 2.25. The zero-order chi connectivity index (χ0) is 17.8. The number of nitrogens with zero attached hydrogens (tertiary/aromatic N) is 3. The molecule has 0 radical (unpaired) electrons. The van der Waals surface area contributed by atoms with E-state index in [1.54, 1.807) is 13.1 Å². The Hall–Kier alpha value is -2.84. The van der Waals surface area contributed by atoms with Crippen molar-refractivity contribution in [2.24, 2.45) is 0 Å². The summed E-state index contributed by atoms with van der Waals surface area (Å²) in [6, 6.07) is 17.2. The van der Waals surface area contributed by atoms with E-state index in [0.29, 0.717) is 5.56 Å². The minimum atomic E-state index is -0.357. The normalized spacial score (nSPS) is 17.1. The van der Waals surface area contributed by atoms with Gasteiger partial charge in [-0.15, -0.1) is 0 Å². The smallest absolute Gasteiger partial charge is 0.414 e. The van der Waals surface area contributed by atoms with Gasteiger partial charge in [0.2, 0.25) is 0 Å². The Morgan fingerprint density at radius 2 is 2.08 bits per heavy atom. The standard InChI is InChI=1S/C20H21N3O2/c1-22-11-10-17(14-22)25-20(24)23(2)19-9-4-3-8-18(19)16-7-5-6-15(12-16)13-21/h3-9,12,17H,10-11,14H2,1-2H3/t17-/m1/s1. The molecule has 0 aromatic heterocycles. The monoisotopic (exact) mass is 335 g/mol. The van der Waals surface area contributed by atoms with Crippen LogP contribution in [0.1, 0.15) is 12.0 Å². The maximum absolute atomic E-state index is 12.5. The lowest BCUT2D eigenvalue weighted by molar-refractivity contribution is 0.110. The van der Waals surface area contributed by atoms with Crippen molar-refractivity contribution in [3.05, 3.63) is 54.1 Å². The molecule has 5 nitrogen and oxygen atoms in total. The second-order valence-corrected chi connectivity index (χ2v) is 6.33. The first-order valence-electron chi connectivity index (χ1n) is 8.31. The van der Waals surface area contributed by atoms with Gasteiger partial charge >= 0.3 is 6.09 Å². The number of hydrogen-bond acceptors (Lipinski definition) is 4. The molecule has 1 saturated heterocycles. The molecule has 1 heterocycles. The molecule has 1 aliphatic rings. The fourth-order valence-electron chi connectivity index (χ4n) is 3.08. The predicted octanol–water partition coefficient (Wildman–Crippen LogP) is 3.50. The Morgan fingerprint density at radius 1 is 1.28 bits per heavy atom. The molecule has 0 bridgehead atoms. The molecule has 0 unspecified atom stereocenters. The molecule has 0 spiro atoms. The number of benzene rings is 2. The number of carbonyl (C=O) groups excluding carboxylic acids is 1. The van der Waals surface area contributed by atoms with Gasteiger partial charge in [0.1, 0.15) is 6.10 Å². The van der Waals surface area contributed by atoms with E-state index in [1.165, 1.54) is 4.90 Å². The second-order valence-electron chi connectivity index (χ2n) is 6.33. The van der Waals surface area contributed by atoms with Gasteiger partial charge in [0.25, 0.3) is 0 Å². The molecular formula is C20H21N3O2. The van der Waals surface area contributed by atoms with Crippen molar-refractivity contribution >= 4 is 11.8 Å². The number of rotatable bonds is 3. The molecule has 2 aromatic carbocycles. The first-order valence-corrected chi connectivity index (χ1v) is 8.31. The Bertz CT molecular complexity index is 813. The summed E-state index contributed by atoms with van der Waals surface area (Å²) in [5.41, 5.74) is 3.14. The predicted molar refractivity (Wildman–Crippen MR) is 97.4 cm³/mol. The minimum Gasteiger partial charge on any atom is -0.444 e. The molecule has 2 aromatic rings. The maximum Gasteiger partial charge on any atom is 0.414 e. The summed E-state index contributed by atoms with van der Waals surface area (Å²) in [6.45, 7) is 1.71. The van der Waals surface area contributed by atoms with Crippen LogP contribution >= 0.6 is 0 Å². The van der Waals surface area contributed by atoms with Crippen molar-refractivity contribution in [2.45, 2.75) is 12.5 Å². The number of ether oxygens (including phenoxy) is 1. The van der Waals surface area contributed by atoms with Gasteiger partial charge in [-0.3, -0.25) is 4.90 Å². The van der Waals surface area contributed by atoms with Gasteiger partial charge in [-0.05, 0) is 37.2 Å². The summed E-state index contributed by atoms with van der Waals surface area (Å²) in [6.07, 6.45) is 0.445. The molecule has 0 aliphatic carbocycles. The lowest BCUT2D eigenvalue weighted by atomic mass is 10.0. The summed E-state index contributed by atoms with van der Waals surface area (Å²) >= 11 is 0. The van der Waals surface area contributed by atoms with Crippen LogP contribution in [0, 0.1) is 11.3 Å². The van der Waals surface area contributed by atoms with Crippen molar-refractivity contribution in [2.75, 3.05) is 32.1 Å². The van der Waals surface area contributed by atoms with Crippen LogP contribution in [0.5, 0.6) is 0 Å². The van der Waals surface area contributed by atoms with Gasteiger partial charge < -0.3 is 9.64 Å². The summed E-state index contributed by atoms with van der Waals surface area (Å²) in [4.78, 5) is 16.2. The molecule has 1 aliphatic heterocycles. The highest BCUT2D eigenvalue weighted by molar-refractivity contribution is 5.93. The Morgan fingerprint density at radius 3 is 2.80 bits per heavy atom. The highest BCUT2D eigenvalue weighted by Crippen LogP contribution is 2.31. The van der Waals surface area contributed by atoms with E-state index in [-0.39, 0.29) is 12.2 Å². The third-order valence-electron chi connectivity index (χ3n) is 4.46. The quantitative estimate of drug-likeness (QED) is 0.861. The second kappa shape index (κ2) is 7.37. The van der Waals surface area contributed by atoms with Crippen molar-refractivity contribution < 1.29 is 9.53 Å². The van der Waals surface area contributed by atoms with Crippen LogP contribution in [0.15, 0.2) is 48.5 Å². The number of carbonyl (C=O) groups is 1. The Kier molecular flexibility index (Phi) is 5.01. The van der Waals surface area contributed by atoms with Crippen LogP contribution in [-0.2, 0) is 4.74 Å². The zero-order valence-corrected chi connectivity index (χ0v) is 14.5. The molecule has 128 valence electrons. The molecule has 5 heteroatoms.